The zero-order valence-corrected chi connectivity index (χ0v) is 12.6. The molecule has 0 aliphatic rings. The molecule has 116 valence electrons. The van der Waals surface area contributed by atoms with Gasteiger partial charge in [-0.05, 0) is 37.5 Å². The zero-order chi connectivity index (χ0) is 15.8. The van der Waals surface area contributed by atoms with Crippen molar-refractivity contribution < 1.29 is 13.9 Å². The summed E-state index contributed by atoms with van der Waals surface area (Å²) in [6, 6.07) is 16.2. The summed E-state index contributed by atoms with van der Waals surface area (Å²) in [5.41, 5.74) is 1.24. The van der Waals surface area contributed by atoms with Crippen LogP contribution in [-0.4, -0.2) is 18.6 Å². The lowest BCUT2D eigenvalue weighted by Gasteiger charge is -2.14. The number of para-hydroxylation sites is 1. The van der Waals surface area contributed by atoms with E-state index in [1.165, 1.54) is 17.7 Å². The highest BCUT2D eigenvalue weighted by molar-refractivity contribution is 5.77. The van der Waals surface area contributed by atoms with Gasteiger partial charge < -0.3 is 10.1 Å². The first kappa shape index (κ1) is 16.0. The molecule has 1 amide bonds. The molecule has 0 saturated heterocycles. The van der Waals surface area contributed by atoms with Gasteiger partial charge in [0.05, 0.1) is 0 Å². The second kappa shape index (κ2) is 8.17. The number of nitrogens with one attached hydrogen (secondary N) is 1. The highest BCUT2D eigenvalue weighted by Crippen LogP contribution is 2.14. The summed E-state index contributed by atoms with van der Waals surface area (Å²) in [6.45, 7) is 1.76. The van der Waals surface area contributed by atoms with Crippen molar-refractivity contribution in [2.24, 2.45) is 0 Å². The van der Waals surface area contributed by atoms with E-state index in [0.29, 0.717) is 0 Å². The lowest BCUT2D eigenvalue weighted by molar-refractivity contribution is -0.123. The molecule has 0 bridgehead atoms. The van der Waals surface area contributed by atoms with Gasteiger partial charge in [-0.15, -0.1) is 0 Å². The van der Waals surface area contributed by atoms with E-state index in [1.807, 2.05) is 25.1 Å². The van der Waals surface area contributed by atoms with Crippen molar-refractivity contribution in [1.82, 2.24) is 5.32 Å². The maximum absolute atomic E-state index is 13.4. The number of carbonyl (C=O) groups excluding carboxylic acids is 1. The van der Waals surface area contributed by atoms with Crippen molar-refractivity contribution in [1.29, 1.82) is 0 Å². The van der Waals surface area contributed by atoms with Gasteiger partial charge in [-0.1, -0.05) is 42.5 Å². The first-order valence-electron chi connectivity index (χ1n) is 7.36. The monoisotopic (exact) mass is 301 g/mol. The van der Waals surface area contributed by atoms with E-state index in [0.717, 1.165) is 12.8 Å². The van der Waals surface area contributed by atoms with E-state index in [1.54, 1.807) is 12.1 Å². The minimum absolute atomic E-state index is 0.0388. The van der Waals surface area contributed by atoms with Gasteiger partial charge >= 0.3 is 0 Å². The molecule has 3 nitrogen and oxygen atoms in total. The standard InChI is InChI=1S/C18H20FNO2/c1-14(11-12-15-7-3-2-4-8-15)20-18(21)13-22-17-10-6-5-9-16(17)19/h2-10,14H,11-13H2,1H3,(H,20,21)/t14-/m0/s1. The average molecular weight is 301 g/mol. The van der Waals surface area contributed by atoms with Crippen molar-refractivity contribution in [3.63, 3.8) is 0 Å². The summed E-state index contributed by atoms with van der Waals surface area (Å²) in [6.07, 6.45) is 1.74. The summed E-state index contributed by atoms with van der Waals surface area (Å²) in [7, 11) is 0. The van der Waals surface area contributed by atoms with Crippen LogP contribution in [0.2, 0.25) is 0 Å². The molecule has 2 rings (SSSR count). The Morgan fingerprint density at radius 2 is 1.82 bits per heavy atom. The SMILES string of the molecule is C[C@@H](CCc1ccccc1)NC(=O)COc1ccccc1F. The highest BCUT2D eigenvalue weighted by atomic mass is 19.1. The molecule has 1 atom stereocenters. The van der Waals surface area contributed by atoms with Crippen LogP contribution in [-0.2, 0) is 11.2 Å². The van der Waals surface area contributed by atoms with Crippen molar-refractivity contribution in [3.05, 3.63) is 66.0 Å². The van der Waals surface area contributed by atoms with E-state index >= 15 is 0 Å². The molecule has 0 aromatic heterocycles. The molecule has 0 aliphatic heterocycles. The summed E-state index contributed by atoms with van der Waals surface area (Å²) in [5, 5.41) is 2.85. The molecular formula is C18H20FNO2. The number of halogens is 1. The fourth-order valence-electron chi connectivity index (χ4n) is 2.12. The van der Waals surface area contributed by atoms with E-state index < -0.39 is 5.82 Å². The minimum atomic E-state index is -0.465. The first-order chi connectivity index (χ1) is 10.6. The second-order valence-corrected chi connectivity index (χ2v) is 5.21. The Morgan fingerprint density at radius 1 is 1.14 bits per heavy atom. The number of carbonyl (C=O) groups is 1. The molecule has 0 saturated carbocycles. The summed E-state index contributed by atoms with van der Waals surface area (Å²) >= 11 is 0. The van der Waals surface area contributed by atoms with Crippen molar-refractivity contribution in [3.8, 4) is 5.75 Å². The normalized spacial score (nSPS) is 11.7. The van der Waals surface area contributed by atoms with Crippen LogP contribution in [0.3, 0.4) is 0 Å². The Balaban J connectivity index is 1.71. The minimum Gasteiger partial charge on any atom is -0.481 e. The number of aryl methyl sites for hydroxylation is 1. The van der Waals surface area contributed by atoms with Crippen LogP contribution in [0.25, 0.3) is 0 Å². The second-order valence-electron chi connectivity index (χ2n) is 5.21. The first-order valence-corrected chi connectivity index (χ1v) is 7.36. The Bertz CT molecular complexity index is 601. The van der Waals surface area contributed by atoms with E-state index in [9.17, 15) is 9.18 Å². The average Bonchev–Trinajstić information content (AvgIpc) is 2.53. The van der Waals surface area contributed by atoms with Crippen LogP contribution in [0, 0.1) is 5.82 Å². The lowest BCUT2D eigenvalue weighted by atomic mass is 10.1. The maximum atomic E-state index is 13.4. The summed E-state index contributed by atoms with van der Waals surface area (Å²) in [5.74, 6) is -0.620. The quantitative estimate of drug-likeness (QED) is 0.852. The third kappa shape index (κ3) is 5.20. The molecule has 0 radical (unpaired) electrons. The largest absolute Gasteiger partial charge is 0.481 e. The summed E-state index contributed by atoms with van der Waals surface area (Å²) in [4.78, 5) is 11.8. The molecule has 0 heterocycles. The number of hydrogen-bond donors (Lipinski definition) is 1. The predicted octanol–water partition coefficient (Wildman–Crippen LogP) is 3.34. The Kier molecular flexibility index (Phi) is 5.95. The fraction of sp³-hybridized carbons (Fsp3) is 0.278. The van der Waals surface area contributed by atoms with Crippen LogP contribution in [0.1, 0.15) is 18.9 Å². The van der Waals surface area contributed by atoms with Gasteiger partial charge in [-0.2, -0.15) is 0 Å². The third-order valence-corrected chi connectivity index (χ3v) is 3.31. The van der Waals surface area contributed by atoms with Crippen LogP contribution in [0.4, 0.5) is 4.39 Å². The molecule has 0 fully saturated rings. The Hall–Kier alpha value is -2.36. The molecule has 2 aromatic rings. The van der Waals surface area contributed by atoms with Gasteiger partial charge in [0.2, 0.25) is 0 Å². The van der Waals surface area contributed by atoms with Gasteiger partial charge in [0.25, 0.3) is 5.91 Å². The van der Waals surface area contributed by atoms with E-state index in [-0.39, 0.29) is 24.3 Å². The fourth-order valence-corrected chi connectivity index (χ4v) is 2.12. The maximum Gasteiger partial charge on any atom is 0.258 e. The molecule has 4 heteroatoms. The lowest BCUT2D eigenvalue weighted by Crippen LogP contribution is -2.36. The Labute approximate surface area is 130 Å². The van der Waals surface area contributed by atoms with Crippen molar-refractivity contribution in [2.75, 3.05) is 6.61 Å². The number of hydrogen-bond acceptors (Lipinski definition) is 2. The molecule has 0 unspecified atom stereocenters. The van der Waals surface area contributed by atoms with Gasteiger partial charge in [-0.3, -0.25) is 4.79 Å². The van der Waals surface area contributed by atoms with Crippen LogP contribution in [0.15, 0.2) is 54.6 Å². The molecular weight excluding hydrogens is 281 g/mol. The topological polar surface area (TPSA) is 38.3 Å². The van der Waals surface area contributed by atoms with Crippen LogP contribution < -0.4 is 10.1 Å². The van der Waals surface area contributed by atoms with Crippen LogP contribution in [0.5, 0.6) is 5.75 Å². The van der Waals surface area contributed by atoms with Gasteiger partial charge in [0.1, 0.15) is 0 Å². The smallest absolute Gasteiger partial charge is 0.258 e. The van der Waals surface area contributed by atoms with Crippen LogP contribution >= 0.6 is 0 Å². The van der Waals surface area contributed by atoms with Gasteiger partial charge in [-0.25, -0.2) is 4.39 Å². The molecule has 0 aliphatic carbocycles. The predicted molar refractivity (Wildman–Crippen MR) is 84.3 cm³/mol. The van der Waals surface area contributed by atoms with Gasteiger partial charge in [0, 0.05) is 6.04 Å². The number of ether oxygens (including phenoxy) is 1. The number of amides is 1. The van der Waals surface area contributed by atoms with Gasteiger partial charge in [0.15, 0.2) is 18.2 Å². The molecule has 22 heavy (non-hydrogen) atoms. The van der Waals surface area contributed by atoms with E-state index in [4.69, 9.17) is 4.74 Å². The van der Waals surface area contributed by atoms with Crippen molar-refractivity contribution in [2.45, 2.75) is 25.8 Å². The third-order valence-electron chi connectivity index (χ3n) is 3.31. The molecule has 2 aromatic carbocycles. The zero-order valence-electron chi connectivity index (χ0n) is 12.6. The summed E-state index contributed by atoms with van der Waals surface area (Å²) < 4.78 is 18.5. The number of benzene rings is 2. The molecule has 0 spiro atoms. The highest BCUT2D eigenvalue weighted by Gasteiger charge is 2.09. The molecule has 1 N–H and O–H groups in total. The van der Waals surface area contributed by atoms with Crippen molar-refractivity contribution >= 4 is 5.91 Å². The Morgan fingerprint density at radius 3 is 2.55 bits per heavy atom. The van der Waals surface area contributed by atoms with E-state index in [2.05, 4.69) is 17.4 Å². The number of rotatable bonds is 7.